The number of hydrogen-bond acceptors (Lipinski definition) is 6. The van der Waals surface area contributed by atoms with Gasteiger partial charge in [0.25, 0.3) is 0 Å². The molecule has 3 aromatic heterocycles. The monoisotopic (exact) mass is 580 g/mol. The van der Waals surface area contributed by atoms with Crippen molar-refractivity contribution in [3.8, 4) is 0 Å². The maximum Gasteiger partial charge on any atom is 0.439 e. The van der Waals surface area contributed by atoms with Crippen molar-refractivity contribution in [2.24, 2.45) is 5.92 Å². The number of rotatable bonds is 6. The second-order valence-electron chi connectivity index (χ2n) is 9.44. The molecule has 0 radical (unpaired) electrons. The van der Waals surface area contributed by atoms with E-state index in [2.05, 4.69) is 24.6 Å². The molecule has 3 heterocycles. The average Bonchev–Trinajstić information content (AvgIpc) is 3.54. The van der Waals surface area contributed by atoms with E-state index in [1.165, 1.54) is 11.3 Å². The van der Waals surface area contributed by atoms with E-state index in [-0.39, 0.29) is 10.9 Å². The van der Waals surface area contributed by atoms with Crippen LogP contribution < -0.4 is 5.76 Å². The number of aromatic amines is 1. The van der Waals surface area contributed by atoms with Crippen LogP contribution in [0.2, 0.25) is 5.02 Å². The van der Waals surface area contributed by atoms with Crippen LogP contribution in [0.3, 0.4) is 0 Å². The van der Waals surface area contributed by atoms with Gasteiger partial charge in [-0.25, -0.2) is 9.78 Å². The van der Waals surface area contributed by atoms with Crippen molar-refractivity contribution in [1.29, 1.82) is 0 Å². The van der Waals surface area contributed by atoms with Gasteiger partial charge in [0, 0.05) is 6.20 Å². The van der Waals surface area contributed by atoms with E-state index < -0.39 is 17.5 Å². The number of H-pyrrole nitrogens is 1. The van der Waals surface area contributed by atoms with Gasteiger partial charge in [0.1, 0.15) is 0 Å². The van der Waals surface area contributed by atoms with Gasteiger partial charge in [-0.1, -0.05) is 59.6 Å². The van der Waals surface area contributed by atoms with Crippen molar-refractivity contribution in [3.63, 3.8) is 0 Å². The highest BCUT2D eigenvalue weighted by atomic mass is 35.5. The highest BCUT2D eigenvalue weighted by Crippen LogP contribution is 2.47. The second-order valence-corrected chi connectivity index (χ2v) is 10.7. The molecule has 0 unspecified atom stereocenters. The maximum absolute atomic E-state index is 13.4. The Morgan fingerprint density at radius 2 is 1.82 bits per heavy atom. The summed E-state index contributed by atoms with van der Waals surface area (Å²) >= 11 is 8.06. The molecule has 6 rings (SSSR count). The van der Waals surface area contributed by atoms with Crippen molar-refractivity contribution in [2.45, 2.75) is 25.4 Å². The maximum atomic E-state index is 13.4. The van der Waals surface area contributed by atoms with Gasteiger partial charge in [0.05, 0.1) is 32.0 Å². The van der Waals surface area contributed by atoms with Crippen molar-refractivity contribution < 1.29 is 17.7 Å². The number of benzene rings is 2. The first kappa shape index (κ1) is 26.2. The van der Waals surface area contributed by atoms with Gasteiger partial charge in [0.2, 0.25) is 0 Å². The standard InChI is InChI=1S/C29H20ClF3N4O2S/c30-21-13-20(29(31,32)33)14-34-27(21)26(17-2-1-3-17)25(19-9-10-23-22(12-19)35-15-40-23)18-7-4-16(5-8-18)6-11-24-36-28(38)39-37-24/h4-15,17H,1-3H2,(H,36,37,38). The summed E-state index contributed by atoms with van der Waals surface area (Å²) in [5.74, 6) is -0.256. The van der Waals surface area contributed by atoms with Crippen LogP contribution in [0.4, 0.5) is 13.2 Å². The van der Waals surface area contributed by atoms with E-state index in [4.69, 9.17) is 11.6 Å². The Kier molecular flexibility index (Phi) is 6.89. The fourth-order valence-corrected chi connectivity index (χ4v) is 5.67. The van der Waals surface area contributed by atoms with Crippen molar-refractivity contribution in [2.75, 3.05) is 0 Å². The normalized spacial score (nSPS) is 15.0. The fraction of sp³-hybridized carbons (Fsp3) is 0.172. The third kappa shape index (κ3) is 5.24. The number of fused-ring (bicyclic) bond motifs is 1. The molecule has 0 spiro atoms. The molecule has 0 atom stereocenters. The Morgan fingerprint density at radius 3 is 2.48 bits per heavy atom. The zero-order chi connectivity index (χ0) is 27.9. The summed E-state index contributed by atoms with van der Waals surface area (Å²) in [6.45, 7) is 0. The summed E-state index contributed by atoms with van der Waals surface area (Å²) in [5.41, 5.74) is 6.34. The van der Waals surface area contributed by atoms with E-state index in [1.54, 1.807) is 17.7 Å². The number of allylic oxidation sites excluding steroid dienone is 1. The molecule has 2 aromatic carbocycles. The van der Waals surface area contributed by atoms with Gasteiger partial charge in [-0.3, -0.25) is 14.5 Å². The van der Waals surface area contributed by atoms with Crippen LogP contribution in [0, 0.1) is 5.92 Å². The highest BCUT2D eigenvalue weighted by Gasteiger charge is 2.34. The molecule has 0 bridgehead atoms. The lowest BCUT2D eigenvalue weighted by Crippen LogP contribution is -2.17. The molecule has 11 heteroatoms. The zero-order valence-corrected chi connectivity index (χ0v) is 22.3. The molecule has 1 saturated carbocycles. The van der Waals surface area contributed by atoms with Crippen molar-refractivity contribution in [3.05, 3.63) is 110 Å². The van der Waals surface area contributed by atoms with Crippen LogP contribution >= 0.6 is 22.9 Å². The first-order valence-electron chi connectivity index (χ1n) is 12.4. The summed E-state index contributed by atoms with van der Waals surface area (Å²) in [6.07, 6.45) is 2.49. The van der Waals surface area contributed by atoms with Crippen molar-refractivity contribution >= 4 is 56.5 Å². The molecule has 6 nitrogen and oxygen atoms in total. The largest absolute Gasteiger partial charge is 0.439 e. The molecule has 202 valence electrons. The average molecular weight is 581 g/mol. The van der Waals surface area contributed by atoms with Crippen LogP contribution in [0.25, 0.3) is 33.5 Å². The zero-order valence-electron chi connectivity index (χ0n) is 20.7. The van der Waals surface area contributed by atoms with E-state index in [1.807, 2.05) is 42.5 Å². The number of nitrogens with zero attached hydrogens (tertiary/aromatic N) is 3. The van der Waals surface area contributed by atoms with E-state index in [0.29, 0.717) is 11.5 Å². The first-order valence-corrected chi connectivity index (χ1v) is 13.7. The molecule has 0 aliphatic heterocycles. The predicted octanol–water partition coefficient (Wildman–Crippen LogP) is 7.97. The van der Waals surface area contributed by atoms with Gasteiger partial charge in [-0.05, 0) is 70.9 Å². The molecule has 5 aromatic rings. The lowest BCUT2D eigenvalue weighted by Gasteiger charge is -2.31. The number of thiazole rings is 1. The molecule has 1 aliphatic carbocycles. The summed E-state index contributed by atoms with van der Waals surface area (Å²) in [6, 6.07) is 14.7. The fourth-order valence-electron chi connectivity index (χ4n) is 4.74. The number of halogens is 4. The quantitative estimate of drug-likeness (QED) is 0.220. The number of nitrogens with one attached hydrogen (secondary N) is 1. The Hall–Kier alpha value is -4.02. The molecule has 1 aliphatic rings. The number of pyridine rings is 1. The molecule has 40 heavy (non-hydrogen) atoms. The smallest absolute Gasteiger partial charge is 0.296 e. The lowest BCUT2D eigenvalue weighted by atomic mass is 9.74. The van der Waals surface area contributed by atoms with Gasteiger partial charge in [-0.15, -0.1) is 11.3 Å². The summed E-state index contributed by atoms with van der Waals surface area (Å²) in [5, 5.41) is 3.59. The van der Waals surface area contributed by atoms with Crippen molar-refractivity contribution in [1.82, 2.24) is 20.1 Å². The van der Waals surface area contributed by atoms with Crippen LogP contribution in [0.15, 0.2) is 69.6 Å². The minimum absolute atomic E-state index is 0.0369. The van der Waals surface area contributed by atoms with E-state index in [9.17, 15) is 18.0 Å². The minimum Gasteiger partial charge on any atom is -0.296 e. The minimum atomic E-state index is -4.55. The number of aromatic nitrogens is 4. The van der Waals surface area contributed by atoms with Crippen LogP contribution in [-0.2, 0) is 6.18 Å². The molecule has 1 N–H and O–H groups in total. The Balaban J connectivity index is 1.52. The molecular weight excluding hydrogens is 561 g/mol. The predicted molar refractivity (Wildman–Crippen MR) is 150 cm³/mol. The van der Waals surface area contributed by atoms with Gasteiger partial charge in [-0.2, -0.15) is 13.2 Å². The molecular formula is C29H20ClF3N4O2S. The lowest BCUT2D eigenvalue weighted by molar-refractivity contribution is -0.137. The molecule has 1 fully saturated rings. The highest BCUT2D eigenvalue weighted by molar-refractivity contribution is 7.16. The Bertz CT molecular complexity index is 1820. The number of hydrogen-bond donors (Lipinski definition) is 1. The third-order valence-corrected chi connectivity index (χ3v) is 8.01. The van der Waals surface area contributed by atoms with E-state index in [0.717, 1.165) is 69.6 Å². The van der Waals surface area contributed by atoms with Crippen LogP contribution in [-0.4, -0.2) is 20.1 Å². The number of alkyl halides is 3. The van der Waals surface area contributed by atoms with Crippen LogP contribution in [0.1, 0.15) is 53.0 Å². The topological polar surface area (TPSA) is 84.7 Å². The third-order valence-electron chi connectivity index (χ3n) is 6.92. The summed E-state index contributed by atoms with van der Waals surface area (Å²) in [4.78, 5) is 22.4. The van der Waals surface area contributed by atoms with E-state index >= 15 is 0 Å². The Morgan fingerprint density at radius 1 is 1.05 bits per heavy atom. The van der Waals surface area contributed by atoms with Gasteiger partial charge < -0.3 is 0 Å². The Labute approximate surface area is 234 Å². The van der Waals surface area contributed by atoms with Crippen LogP contribution in [0.5, 0.6) is 0 Å². The molecule has 0 amide bonds. The van der Waals surface area contributed by atoms with Gasteiger partial charge in [0.15, 0.2) is 5.82 Å². The van der Waals surface area contributed by atoms with Gasteiger partial charge >= 0.3 is 11.9 Å². The SMILES string of the molecule is O=c1[nH]c(C=Cc2ccc(C(=C(c3ncc(C(F)(F)F)cc3Cl)C3CCC3)c3ccc4scnc4c3)cc2)no1. The summed E-state index contributed by atoms with van der Waals surface area (Å²) in [7, 11) is 0. The molecule has 0 saturated heterocycles. The first-order chi connectivity index (χ1) is 19.3. The second kappa shape index (κ2) is 10.5. The summed E-state index contributed by atoms with van der Waals surface area (Å²) < 4.78 is 45.8.